The van der Waals surface area contributed by atoms with Gasteiger partial charge in [0.05, 0.1) is 6.61 Å². The monoisotopic (exact) mass is 275 g/mol. The van der Waals surface area contributed by atoms with Gasteiger partial charge in [0.15, 0.2) is 0 Å². The summed E-state index contributed by atoms with van der Waals surface area (Å²) in [6.45, 7) is 3.58. The van der Waals surface area contributed by atoms with Crippen LogP contribution in [0.3, 0.4) is 0 Å². The highest BCUT2D eigenvalue weighted by Gasteiger charge is 2.30. The normalized spacial score (nSPS) is 12.8. The van der Waals surface area contributed by atoms with Gasteiger partial charge in [0.2, 0.25) is 0 Å². The Kier molecular flexibility index (Phi) is 5.66. The van der Waals surface area contributed by atoms with Gasteiger partial charge in [-0.1, -0.05) is 19.1 Å². The summed E-state index contributed by atoms with van der Waals surface area (Å²) in [7, 11) is 0. The number of rotatable bonds is 7. The Morgan fingerprint density at radius 2 is 1.89 bits per heavy atom. The lowest BCUT2D eigenvalue weighted by molar-refractivity contribution is -0.274. The first-order valence-corrected chi connectivity index (χ1v) is 5.77. The Hall–Kier alpha value is -1.72. The summed E-state index contributed by atoms with van der Waals surface area (Å²) in [4.78, 5) is 9.82. The van der Waals surface area contributed by atoms with Crippen molar-refractivity contribution in [2.24, 2.45) is 0 Å². The molecule has 1 atom stereocenters. The topological polar surface area (TPSA) is 35.5 Å². The van der Waals surface area contributed by atoms with E-state index in [9.17, 15) is 18.0 Å². The molecule has 3 nitrogen and oxygen atoms in total. The third kappa shape index (κ3) is 6.13. The van der Waals surface area contributed by atoms with Crippen molar-refractivity contribution in [2.75, 3.05) is 6.61 Å². The molecule has 0 amide bonds. The van der Waals surface area contributed by atoms with Crippen LogP contribution < -0.4 is 4.74 Å². The predicted octanol–water partition coefficient (Wildman–Crippen LogP) is 3.55. The zero-order valence-corrected chi connectivity index (χ0v) is 10.4. The van der Waals surface area contributed by atoms with E-state index in [4.69, 9.17) is 0 Å². The van der Waals surface area contributed by atoms with Crippen LogP contribution in [0.4, 0.5) is 13.2 Å². The minimum absolute atomic E-state index is 0.162. The largest absolute Gasteiger partial charge is 0.573 e. The third-order valence-electron chi connectivity index (χ3n) is 2.63. The molecule has 1 aromatic carbocycles. The van der Waals surface area contributed by atoms with Crippen molar-refractivity contribution in [3.8, 4) is 5.75 Å². The van der Waals surface area contributed by atoms with Gasteiger partial charge in [0.1, 0.15) is 5.75 Å². The van der Waals surface area contributed by atoms with Crippen LogP contribution in [0.15, 0.2) is 24.3 Å². The third-order valence-corrected chi connectivity index (χ3v) is 2.63. The highest BCUT2D eigenvalue weighted by Crippen LogP contribution is 2.26. The van der Waals surface area contributed by atoms with Crippen LogP contribution in [0.5, 0.6) is 5.75 Å². The van der Waals surface area contributed by atoms with E-state index in [1.807, 2.05) is 6.92 Å². The lowest BCUT2D eigenvalue weighted by Crippen LogP contribution is -2.17. The molecule has 0 saturated heterocycles. The predicted molar refractivity (Wildman–Crippen MR) is 62.4 cm³/mol. The molecule has 0 aromatic heterocycles. The van der Waals surface area contributed by atoms with Crippen LogP contribution in [0.2, 0.25) is 0 Å². The van der Waals surface area contributed by atoms with Gasteiger partial charge < -0.3 is 9.47 Å². The molecule has 0 heterocycles. The van der Waals surface area contributed by atoms with Crippen molar-refractivity contribution in [3.63, 3.8) is 0 Å². The molecule has 0 spiro atoms. The molecular weight excluding hydrogens is 261 g/mol. The fourth-order valence-electron chi connectivity index (χ4n) is 1.67. The Labute approximate surface area is 109 Å². The Balaban J connectivity index is 2.48. The number of hydrogen-bond acceptors (Lipinski definition) is 3. The van der Waals surface area contributed by atoms with Crippen molar-refractivity contribution in [1.82, 2.24) is 0 Å². The van der Waals surface area contributed by atoms with E-state index < -0.39 is 6.36 Å². The lowest BCUT2D eigenvalue weighted by atomic mass is 9.96. The molecule has 0 aliphatic heterocycles. The van der Waals surface area contributed by atoms with E-state index >= 15 is 0 Å². The van der Waals surface area contributed by atoms with E-state index in [0.29, 0.717) is 13.0 Å². The van der Waals surface area contributed by atoms with Crippen LogP contribution >= 0.6 is 0 Å². The van der Waals surface area contributed by atoms with Crippen LogP contribution in [-0.4, -0.2) is 19.4 Å². The first-order chi connectivity index (χ1) is 8.92. The standard InChI is InChI=1S/C13H14F3O3/c1-10(3-2-8-18-9-17)11-4-6-12(7-5-11)19-13(14,15)16/h4-7,10H,2-3,8H2,1H3. The Bertz CT molecular complexity index is 387. The molecule has 1 aromatic rings. The minimum atomic E-state index is -4.67. The SMILES string of the molecule is CC(CCCO[C]=O)c1ccc(OC(F)(F)F)cc1. The summed E-state index contributed by atoms with van der Waals surface area (Å²) in [5.74, 6) is -0.0717. The van der Waals surface area contributed by atoms with E-state index in [2.05, 4.69) is 9.47 Å². The van der Waals surface area contributed by atoms with Crippen molar-refractivity contribution in [2.45, 2.75) is 32.0 Å². The molecular formula is C13H14F3O3. The molecule has 0 N–H and O–H groups in total. The van der Waals surface area contributed by atoms with E-state index in [0.717, 1.165) is 12.0 Å². The zero-order valence-electron chi connectivity index (χ0n) is 10.4. The number of alkyl halides is 3. The van der Waals surface area contributed by atoms with Crippen LogP contribution in [0.1, 0.15) is 31.2 Å². The molecule has 1 rings (SSSR count). The molecule has 0 saturated carbocycles. The Morgan fingerprint density at radius 3 is 2.42 bits per heavy atom. The summed E-state index contributed by atoms with van der Waals surface area (Å²) in [5.41, 5.74) is 0.907. The number of halogens is 3. The maximum atomic E-state index is 12.0. The number of ether oxygens (including phenoxy) is 2. The number of carbonyl (C=O) groups excluding carboxylic acids is 1. The molecule has 0 aliphatic rings. The molecule has 1 unspecified atom stereocenters. The number of hydrogen-bond donors (Lipinski definition) is 0. The maximum Gasteiger partial charge on any atom is 0.573 e. The highest BCUT2D eigenvalue weighted by molar-refractivity contribution is 5.38. The van der Waals surface area contributed by atoms with Crippen molar-refractivity contribution >= 4 is 6.47 Å². The van der Waals surface area contributed by atoms with E-state index in [1.54, 1.807) is 12.1 Å². The van der Waals surface area contributed by atoms with Crippen molar-refractivity contribution < 1.29 is 27.4 Å². The van der Waals surface area contributed by atoms with Crippen molar-refractivity contribution in [1.29, 1.82) is 0 Å². The fraction of sp³-hybridized carbons (Fsp3) is 0.462. The average molecular weight is 275 g/mol. The molecule has 105 valence electrons. The quantitative estimate of drug-likeness (QED) is 0.714. The average Bonchev–Trinajstić information content (AvgIpc) is 2.33. The molecule has 0 aliphatic carbocycles. The van der Waals surface area contributed by atoms with Crippen molar-refractivity contribution in [3.05, 3.63) is 29.8 Å². The van der Waals surface area contributed by atoms with Gasteiger partial charge in [0.25, 0.3) is 0 Å². The van der Waals surface area contributed by atoms with Crippen LogP contribution in [0.25, 0.3) is 0 Å². The summed E-state index contributed by atoms with van der Waals surface area (Å²) >= 11 is 0. The second-order valence-electron chi connectivity index (χ2n) is 4.09. The summed E-state index contributed by atoms with van der Waals surface area (Å²) in [6.07, 6.45) is -3.23. The van der Waals surface area contributed by atoms with Gasteiger partial charge in [-0.25, -0.2) is 4.79 Å². The van der Waals surface area contributed by atoms with Gasteiger partial charge in [-0.05, 0) is 36.5 Å². The lowest BCUT2D eigenvalue weighted by Gasteiger charge is -2.13. The smallest absolute Gasteiger partial charge is 0.457 e. The highest BCUT2D eigenvalue weighted by atomic mass is 19.4. The summed E-state index contributed by atoms with van der Waals surface area (Å²) in [6, 6.07) is 5.76. The maximum absolute atomic E-state index is 12.0. The van der Waals surface area contributed by atoms with Gasteiger partial charge in [-0.2, -0.15) is 0 Å². The molecule has 0 fully saturated rings. The molecule has 6 heteroatoms. The minimum Gasteiger partial charge on any atom is -0.457 e. The van der Waals surface area contributed by atoms with E-state index in [1.165, 1.54) is 18.6 Å². The van der Waals surface area contributed by atoms with Crippen LogP contribution in [-0.2, 0) is 9.53 Å². The Morgan fingerprint density at radius 1 is 1.26 bits per heavy atom. The van der Waals surface area contributed by atoms with Crippen LogP contribution in [0, 0.1) is 0 Å². The molecule has 0 bridgehead atoms. The second-order valence-corrected chi connectivity index (χ2v) is 4.09. The number of benzene rings is 1. The molecule has 19 heavy (non-hydrogen) atoms. The van der Waals surface area contributed by atoms with Gasteiger partial charge >= 0.3 is 12.8 Å². The second kappa shape index (κ2) is 7.01. The van der Waals surface area contributed by atoms with E-state index in [-0.39, 0.29) is 11.7 Å². The van der Waals surface area contributed by atoms with Gasteiger partial charge in [-0.3, -0.25) is 0 Å². The summed E-state index contributed by atoms with van der Waals surface area (Å²) < 4.78 is 44.1. The first-order valence-electron chi connectivity index (χ1n) is 5.77. The first kappa shape index (κ1) is 15.3. The summed E-state index contributed by atoms with van der Waals surface area (Å²) in [5, 5.41) is 0. The fourth-order valence-corrected chi connectivity index (χ4v) is 1.67. The zero-order chi connectivity index (χ0) is 14.3. The van der Waals surface area contributed by atoms with Gasteiger partial charge in [-0.15, -0.1) is 13.2 Å². The van der Waals surface area contributed by atoms with Gasteiger partial charge in [0, 0.05) is 0 Å². The molecule has 1 radical (unpaired) electrons.